The lowest BCUT2D eigenvalue weighted by Crippen LogP contribution is -2.52. The maximum Gasteiger partial charge on any atom is 0.240 e. The molecule has 1 heterocycles. The molecule has 0 bridgehead atoms. The second kappa shape index (κ2) is 5.36. The topological polar surface area (TPSA) is 66.6 Å². The Morgan fingerprint density at radius 3 is 2.18 bits per heavy atom. The molecule has 100 valence electrons. The molecule has 2 atom stereocenters. The minimum atomic E-state index is -0.439. The number of hydrogen-bond donors (Lipinski definition) is 2. The fourth-order valence-corrected chi connectivity index (χ4v) is 2.17. The van der Waals surface area contributed by atoms with Crippen LogP contribution in [0.15, 0.2) is 0 Å². The third-order valence-electron chi connectivity index (χ3n) is 3.73. The summed E-state index contributed by atoms with van der Waals surface area (Å²) in [4.78, 5) is 14.0. The van der Waals surface area contributed by atoms with Gasteiger partial charge in [0.25, 0.3) is 0 Å². The minimum absolute atomic E-state index is 0.0431. The monoisotopic (exact) mass is 242 g/mol. The Kier molecular flexibility index (Phi) is 4.55. The molecule has 1 amide bonds. The lowest BCUT2D eigenvalue weighted by Gasteiger charge is -2.37. The van der Waals surface area contributed by atoms with Gasteiger partial charge in [-0.3, -0.25) is 4.79 Å². The van der Waals surface area contributed by atoms with E-state index in [1.54, 1.807) is 0 Å². The van der Waals surface area contributed by atoms with Crippen molar-refractivity contribution in [3.05, 3.63) is 0 Å². The van der Waals surface area contributed by atoms with Crippen LogP contribution in [-0.4, -0.2) is 41.1 Å². The van der Waals surface area contributed by atoms with Crippen molar-refractivity contribution in [1.82, 2.24) is 4.90 Å². The molecule has 0 aliphatic carbocycles. The molecule has 1 saturated heterocycles. The number of piperidine rings is 1. The first kappa shape index (κ1) is 14.5. The van der Waals surface area contributed by atoms with Gasteiger partial charge in [-0.1, -0.05) is 20.8 Å². The number of carbonyl (C=O) groups excluding carboxylic acids is 1. The van der Waals surface area contributed by atoms with E-state index >= 15 is 0 Å². The Hall–Kier alpha value is -0.610. The Labute approximate surface area is 104 Å². The van der Waals surface area contributed by atoms with Gasteiger partial charge < -0.3 is 15.7 Å². The van der Waals surface area contributed by atoms with Crippen molar-refractivity contribution in [2.45, 2.75) is 52.7 Å². The standard InChI is InChI=1S/C13H26N2O2/c1-9(16)10-5-7-15(8-6-10)12(17)11(14)13(2,3)4/h9-11,16H,5-8,14H2,1-4H3/t9?,11-/m1/s1. The molecule has 0 spiro atoms. The fourth-order valence-electron chi connectivity index (χ4n) is 2.17. The number of carbonyl (C=O) groups is 1. The van der Waals surface area contributed by atoms with E-state index in [9.17, 15) is 9.90 Å². The first-order valence-electron chi connectivity index (χ1n) is 6.46. The van der Waals surface area contributed by atoms with Crippen molar-refractivity contribution in [2.75, 3.05) is 13.1 Å². The largest absolute Gasteiger partial charge is 0.393 e. The number of nitrogens with zero attached hydrogens (tertiary/aromatic N) is 1. The SMILES string of the molecule is CC(O)C1CCN(C(=O)[C@@H](N)C(C)(C)C)CC1. The molecule has 1 unspecified atom stereocenters. The molecule has 4 heteroatoms. The number of rotatable bonds is 2. The molecular weight excluding hydrogens is 216 g/mol. The van der Waals surface area contributed by atoms with Gasteiger partial charge in [0.05, 0.1) is 12.1 Å². The molecule has 1 rings (SSSR count). The Morgan fingerprint density at radius 1 is 1.35 bits per heavy atom. The van der Waals surface area contributed by atoms with E-state index in [2.05, 4.69) is 0 Å². The van der Waals surface area contributed by atoms with Crippen molar-refractivity contribution in [3.63, 3.8) is 0 Å². The van der Waals surface area contributed by atoms with Gasteiger partial charge in [-0.05, 0) is 31.1 Å². The number of aliphatic hydroxyl groups excluding tert-OH is 1. The van der Waals surface area contributed by atoms with Crippen molar-refractivity contribution in [2.24, 2.45) is 17.1 Å². The average Bonchev–Trinajstić information content (AvgIpc) is 2.26. The van der Waals surface area contributed by atoms with Crippen LogP contribution < -0.4 is 5.73 Å². The van der Waals surface area contributed by atoms with Crippen LogP contribution in [0.4, 0.5) is 0 Å². The van der Waals surface area contributed by atoms with Crippen molar-refractivity contribution < 1.29 is 9.90 Å². The van der Waals surface area contributed by atoms with E-state index in [1.807, 2.05) is 32.6 Å². The van der Waals surface area contributed by atoms with Gasteiger partial charge in [-0.25, -0.2) is 0 Å². The van der Waals surface area contributed by atoms with Crippen LogP contribution in [0.1, 0.15) is 40.5 Å². The number of likely N-dealkylation sites (tertiary alicyclic amines) is 1. The predicted octanol–water partition coefficient (Wildman–Crippen LogP) is 0.979. The van der Waals surface area contributed by atoms with Gasteiger partial charge in [0.1, 0.15) is 0 Å². The second-order valence-electron chi connectivity index (χ2n) is 6.25. The smallest absolute Gasteiger partial charge is 0.240 e. The highest BCUT2D eigenvalue weighted by molar-refractivity contribution is 5.82. The van der Waals surface area contributed by atoms with Gasteiger partial charge in [0.2, 0.25) is 5.91 Å². The summed E-state index contributed by atoms with van der Waals surface area (Å²) in [7, 11) is 0. The Morgan fingerprint density at radius 2 is 1.82 bits per heavy atom. The lowest BCUT2D eigenvalue weighted by atomic mass is 9.85. The summed E-state index contributed by atoms with van der Waals surface area (Å²) in [6.07, 6.45) is 1.48. The van der Waals surface area contributed by atoms with Crippen LogP contribution in [0.5, 0.6) is 0 Å². The maximum atomic E-state index is 12.2. The van der Waals surface area contributed by atoms with Crippen LogP contribution in [0.25, 0.3) is 0 Å². The van der Waals surface area contributed by atoms with Crippen LogP contribution in [-0.2, 0) is 4.79 Å². The van der Waals surface area contributed by atoms with Gasteiger partial charge in [-0.15, -0.1) is 0 Å². The third kappa shape index (κ3) is 3.68. The van der Waals surface area contributed by atoms with E-state index in [0.717, 1.165) is 25.9 Å². The molecule has 17 heavy (non-hydrogen) atoms. The molecule has 3 N–H and O–H groups in total. The van der Waals surface area contributed by atoms with Gasteiger partial charge >= 0.3 is 0 Å². The van der Waals surface area contributed by atoms with Crippen molar-refractivity contribution in [3.8, 4) is 0 Å². The molecule has 4 nitrogen and oxygen atoms in total. The van der Waals surface area contributed by atoms with E-state index in [-0.39, 0.29) is 17.4 Å². The third-order valence-corrected chi connectivity index (χ3v) is 3.73. The molecule has 0 aromatic heterocycles. The van der Waals surface area contributed by atoms with Crippen LogP contribution in [0, 0.1) is 11.3 Å². The molecule has 0 radical (unpaired) electrons. The van der Waals surface area contributed by atoms with E-state index < -0.39 is 6.04 Å². The number of amides is 1. The maximum absolute atomic E-state index is 12.2. The average molecular weight is 242 g/mol. The Balaban J connectivity index is 2.52. The van der Waals surface area contributed by atoms with Gasteiger partial charge in [-0.2, -0.15) is 0 Å². The van der Waals surface area contributed by atoms with E-state index in [0.29, 0.717) is 5.92 Å². The summed E-state index contributed by atoms with van der Waals surface area (Å²) < 4.78 is 0. The second-order valence-corrected chi connectivity index (χ2v) is 6.25. The quantitative estimate of drug-likeness (QED) is 0.758. The highest BCUT2D eigenvalue weighted by Gasteiger charge is 2.33. The molecule has 0 saturated carbocycles. The van der Waals surface area contributed by atoms with E-state index in [4.69, 9.17) is 5.73 Å². The molecular formula is C13H26N2O2. The first-order chi connectivity index (χ1) is 7.73. The van der Waals surface area contributed by atoms with Crippen LogP contribution in [0.2, 0.25) is 0 Å². The van der Waals surface area contributed by atoms with Crippen LogP contribution >= 0.6 is 0 Å². The number of nitrogens with two attached hydrogens (primary N) is 1. The predicted molar refractivity (Wildman–Crippen MR) is 68.4 cm³/mol. The minimum Gasteiger partial charge on any atom is -0.393 e. The normalized spacial score (nSPS) is 22.4. The highest BCUT2D eigenvalue weighted by Crippen LogP contribution is 2.24. The zero-order valence-electron chi connectivity index (χ0n) is 11.4. The molecule has 1 aliphatic heterocycles. The summed E-state index contributed by atoms with van der Waals surface area (Å²) in [5.41, 5.74) is 5.78. The summed E-state index contributed by atoms with van der Waals surface area (Å²) in [5, 5.41) is 9.51. The molecule has 1 fully saturated rings. The lowest BCUT2D eigenvalue weighted by molar-refractivity contribution is -0.136. The van der Waals surface area contributed by atoms with Crippen LogP contribution in [0.3, 0.4) is 0 Å². The molecule has 0 aromatic carbocycles. The zero-order chi connectivity index (χ0) is 13.2. The number of aliphatic hydroxyl groups is 1. The number of hydrogen-bond acceptors (Lipinski definition) is 3. The summed E-state index contributed by atoms with van der Waals surface area (Å²) in [6, 6.07) is -0.439. The Bertz CT molecular complexity index is 263. The summed E-state index contributed by atoms with van der Waals surface area (Å²) >= 11 is 0. The fraction of sp³-hybridized carbons (Fsp3) is 0.923. The van der Waals surface area contributed by atoms with Crippen molar-refractivity contribution >= 4 is 5.91 Å². The van der Waals surface area contributed by atoms with Gasteiger partial charge in [0, 0.05) is 13.1 Å². The zero-order valence-corrected chi connectivity index (χ0v) is 11.4. The molecule has 0 aromatic rings. The van der Waals surface area contributed by atoms with Crippen molar-refractivity contribution in [1.29, 1.82) is 0 Å². The van der Waals surface area contributed by atoms with Gasteiger partial charge in [0.15, 0.2) is 0 Å². The summed E-state index contributed by atoms with van der Waals surface area (Å²) in [6.45, 7) is 9.22. The highest BCUT2D eigenvalue weighted by atomic mass is 16.3. The molecule has 1 aliphatic rings. The summed E-state index contributed by atoms with van der Waals surface area (Å²) in [5.74, 6) is 0.367. The first-order valence-corrected chi connectivity index (χ1v) is 6.46. The van der Waals surface area contributed by atoms with E-state index in [1.165, 1.54) is 0 Å².